The molecule has 1 aliphatic rings. The van der Waals surface area contributed by atoms with E-state index >= 15 is 0 Å². The Bertz CT molecular complexity index is 1140. The van der Waals surface area contributed by atoms with E-state index in [1.54, 1.807) is 16.4 Å². The summed E-state index contributed by atoms with van der Waals surface area (Å²) in [5, 5.41) is 0. The van der Waals surface area contributed by atoms with Crippen molar-refractivity contribution in [3.63, 3.8) is 0 Å². The van der Waals surface area contributed by atoms with Crippen molar-refractivity contribution in [2.45, 2.75) is 44.6 Å². The van der Waals surface area contributed by atoms with Gasteiger partial charge in [0, 0.05) is 12.6 Å². The lowest BCUT2D eigenvalue weighted by Crippen LogP contribution is -2.36. The van der Waals surface area contributed by atoms with Crippen LogP contribution in [0.2, 0.25) is 0 Å². The van der Waals surface area contributed by atoms with Gasteiger partial charge in [-0.25, -0.2) is 8.42 Å². The van der Waals surface area contributed by atoms with Crippen molar-refractivity contribution in [1.29, 1.82) is 0 Å². The van der Waals surface area contributed by atoms with Gasteiger partial charge in [0.2, 0.25) is 10.0 Å². The van der Waals surface area contributed by atoms with Gasteiger partial charge < -0.3 is 0 Å². The lowest BCUT2D eigenvalue weighted by atomic mass is 9.89. The van der Waals surface area contributed by atoms with Crippen molar-refractivity contribution in [2.75, 3.05) is 6.54 Å². The number of benzene rings is 3. The summed E-state index contributed by atoms with van der Waals surface area (Å²) in [4.78, 5) is 0.376. The van der Waals surface area contributed by atoms with Crippen molar-refractivity contribution in [3.8, 4) is 0 Å². The summed E-state index contributed by atoms with van der Waals surface area (Å²) in [6, 6.07) is 27.7. The Morgan fingerprint density at radius 2 is 1.44 bits per heavy atom. The maximum Gasteiger partial charge on any atom is 0.243 e. The average molecular weight is 446 g/mol. The highest BCUT2D eigenvalue weighted by atomic mass is 32.2. The van der Waals surface area contributed by atoms with Gasteiger partial charge in [-0.3, -0.25) is 0 Å². The summed E-state index contributed by atoms with van der Waals surface area (Å²) < 4.78 is 28.8. The average Bonchev–Trinajstić information content (AvgIpc) is 3.11. The SMILES string of the molecule is Cc1ccc(S(=O)(=O)N2CC(C)(C)C[C@H]2CC=C(c2ccccc2)c2ccccc2)cc1. The molecule has 3 nitrogen and oxygen atoms in total. The maximum atomic E-state index is 13.5. The largest absolute Gasteiger partial charge is 0.243 e. The molecule has 32 heavy (non-hydrogen) atoms. The zero-order valence-electron chi connectivity index (χ0n) is 19.0. The molecule has 1 aliphatic heterocycles. The molecule has 1 fully saturated rings. The Morgan fingerprint density at radius 3 is 1.97 bits per heavy atom. The van der Waals surface area contributed by atoms with Crippen LogP contribution in [0.4, 0.5) is 0 Å². The first kappa shape index (κ1) is 22.5. The van der Waals surface area contributed by atoms with E-state index < -0.39 is 10.0 Å². The van der Waals surface area contributed by atoms with E-state index in [9.17, 15) is 8.42 Å². The van der Waals surface area contributed by atoms with Crippen LogP contribution in [0.5, 0.6) is 0 Å². The van der Waals surface area contributed by atoms with E-state index in [0.717, 1.165) is 28.7 Å². The summed E-state index contributed by atoms with van der Waals surface area (Å²) in [6.45, 7) is 6.82. The molecule has 0 aliphatic carbocycles. The summed E-state index contributed by atoms with van der Waals surface area (Å²) in [6.07, 6.45) is 3.73. The predicted molar refractivity (Wildman–Crippen MR) is 132 cm³/mol. The first-order chi connectivity index (χ1) is 15.3. The first-order valence-corrected chi connectivity index (χ1v) is 12.6. The van der Waals surface area contributed by atoms with Crippen molar-refractivity contribution >= 4 is 15.6 Å². The molecule has 0 spiro atoms. The molecule has 3 aromatic rings. The Morgan fingerprint density at radius 1 is 0.906 bits per heavy atom. The van der Waals surface area contributed by atoms with E-state index in [-0.39, 0.29) is 11.5 Å². The second-order valence-electron chi connectivity index (χ2n) is 9.47. The fraction of sp³-hybridized carbons (Fsp3) is 0.286. The Balaban J connectivity index is 1.68. The number of rotatable bonds is 6. The molecule has 166 valence electrons. The van der Waals surface area contributed by atoms with E-state index in [0.29, 0.717) is 17.9 Å². The topological polar surface area (TPSA) is 37.4 Å². The molecule has 0 N–H and O–H groups in total. The quantitative estimate of drug-likeness (QED) is 0.446. The minimum absolute atomic E-state index is 0.0596. The minimum atomic E-state index is -3.55. The summed E-state index contributed by atoms with van der Waals surface area (Å²) in [5.41, 5.74) is 4.42. The van der Waals surface area contributed by atoms with Gasteiger partial charge in [-0.15, -0.1) is 0 Å². The highest BCUT2D eigenvalue weighted by molar-refractivity contribution is 7.89. The van der Waals surface area contributed by atoms with Crippen LogP contribution < -0.4 is 0 Å². The molecule has 1 atom stereocenters. The number of hydrogen-bond donors (Lipinski definition) is 0. The van der Waals surface area contributed by atoms with Gasteiger partial charge in [0.1, 0.15) is 0 Å². The molecular formula is C28H31NO2S. The monoisotopic (exact) mass is 445 g/mol. The molecule has 0 aromatic heterocycles. The Kier molecular flexibility index (Phi) is 6.36. The van der Waals surface area contributed by atoms with E-state index in [2.05, 4.69) is 44.2 Å². The number of aryl methyl sites for hydroxylation is 1. The third-order valence-corrected chi connectivity index (χ3v) is 8.08. The van der Waals surface area contributed by atoms with Gasteiger partial charge in [0.25, 0.3) is 0 Å². The van der Waals surface area contributed by atoms with Crippen LogP contribution in [-0.4, -0.2) is 25.3 Å². The molecule has 0 bridgehead atoms. The van der Waals surface area contributed by atoms with Gasteiger partial charge in [0.05, 0.1) is 4.90 Å². The molecule has 1 saturated heterocycles. The fourth-order valence-electron chi connectivity index (χ4n) is 4.57. The number of nitrogens with zero attached hydrogens (tertiary/aromatic N) is 1. The van der Waals surface area contributed by atoms with Crippen LogP contribution >= 0.6 is 0 Å². The summed E-state index contributed by atoms with van der Waals surface area (Å²) >= 11 is 0. The van der Waals surface area contributed by atoms with E-state index in [4.69, 9.17) is 0 Å². The Labute approximate surface area is 192 Å². The van der Waals surface area contributed by atoms with Gasteiger partial charge >= 0.3 is 0 Å². The van der Waals surface area contributed by atoms with Crippen molar-refractivity contribution in [3.05, 3.63) is 108 Å². The molecule has 3 aromatic carbocycles. The summed E-state index contributed by atoms with van der Waals surface area (Å²) in [5.74, 6) is 0. The third kappa shape index (κ3) is 4.87. The van der Waals surface area contributed by atoms with Crippen molar-refractivity contribution in [1.82, 2.24) is 4.31 Å². The van der Waals surface area contributed by atoms with E-state index in [1.807, 2.05) is 55.5 Å². The maximum absolute atomic E-state index is 13.5. The third-order valence-electron chi connectivity index (χ3n) is 6.17. The van der Waals surface area contributed by atoms with Crippen molar-refractivity contribution < 1.29 is 8.42 Å². The van der Waals surface area contributed by atoms with Crippen LogP contribution in [0.1, 0.15) is 43.4 Å². The van der Waals surface area contributed by atoms with Crippen LogP contribution in [0.3, 0.4) is 0 Å². The molecule has 0 saturated carbocycles. The number of hydrogen-bond acceptors (Lipinski definition) is 2. The van der Waals surface area contributed by atoms with Gasteiger partial charge in [-0.2, -0.15) is 4.31 Å². The van der Waals surface area contributed by atoms with Crippen molar-refractivity contribution in [2.24, 2.45) is 5.41 Å². The van der Waals surface area contributed by atoms with Gasteiger partial charge in [-0.05, 0) is 54.0 Å². The fourth-order valence-corrected chi connectivity index (χ4v) is 6.40. The van der Waals surface area contributed by atoms with Crippen LogP contribution in [-0.2, 0) is 10.0 Å². The molecule has 4 rings (SSSR count). The lowest BCUT2D eigenvalue weighted by molar-refractivity contribution is 0.367. The molecule has 4 heteroatoms. The van der Waals surface area contributed by atoms with Crippen LogP contribution in [0.25, 0.3) is 5.57 Å². The highest BCUT2D eigenvalue weighted by Gasteiger charge is 2.43. The molecule has 0 radical (unpaired) electrons. The molecular weight excluding hydrogens is 414 g/mol. The first-order valence-electron chi connectivity index (χ1n) is 11.2. The summed E-state index contributed by atoms with van der Waals surface area (Å²) in [7, 11) is -3.55. The minimum Gasteiger partial charge on any atom is -0.207 e. The zero-order valence-corrected chi connectivity index (χ0v) is 19.8. The normalized spacial score (nSPS) is 18.4. The highest BCUT2D eigenvalue weighted by Crippen LogP contribution is 2.39. The smallest absolute Gasteiger partial charge is 0.207 e. The molecule has 0 amide bonds. The zero-order chi connectivity index (χ0) is 22.8. The predicted octanol–water partition coefficient (Wildman–Crippen LogP) is 6.31. The van der Waals surface area contributed by atoms with Gasteiger partial charge in [0.15, 0.2) is 0 Å². The molecule has 0 unspecified atom stereocenters. The Hall–Kier alpha value is -2.69. The van der Waals surface area contributed by atoms with Crippen LogP contribution in [0, 0.1) is 12.3 Å². The second kappa shape index (κ2) is 9.05. The second-order valence-corrected chi connectivity index (χ2v) is 11.4. The standard InChI is InChI=1S/C28H31NO2S/c1-22-14-17-26(18-15-22)32(30,31)29-21-28(2,3)20-25(29)16-19-27(23-10-6-4-7-11-23)24-12-8-5-9-13-24/h4-15,17-19,25H,16,20-21H2,1-3H3/t25-/m1/s1. The lowest BCUT2D eigenvalue weighted by Gasteiger charge is -2.24. The number of sulfonamides is 1. The van der Waals surface area contributed by atoms with E-state index in [1.165, 1.54) is 0 Å². The molecule has 1 heterocycles. The van der Waals surface area contributed by atoms with Crippen LogP contribution in [0.15, 0.2) is 95.9 Å². The van der Waals surface area contributed by atoms with Gasteiger partial charge in [-0.1, -0.05) is 98.3 Å².